The van der Waals surface area contributed by atoms with Gasteiger partial charge in [-0.3, -0.25) is 0 Å². The summed E-state index contributed by atoms with van der Waals surface area (Å²) in [4.78, 5) is 0. The summed E-state index contributed by atoms with van der Waals surface area (Å²) in [5.74, 6) is 3.88. The summed E-state index contributed by atoms with van der Waals surface area (Å²) in [5.41, 5.74) is 0. The summed E-state index contributed by atoms with van der Waals surface area (Å²) in [6.07, 6.45) is 12.2. The SMILES string of the molecule is CC(C)C1CCC2CCC=CC2C1. The van der Waals surface area contributed by atoms with Crippen molar-refractivity contribution in [3.05, 3.63) is 12.2 Å². The van der Waals surface area contributed by atoms with E-state index >= 15 is 0 Å². The van der Waals surface area contributed by atoms with Gasteiger partial charge < -0.3 is 0 Å². The molecule has 0 heteroatoms. The molecule has 0 aromatic heterocycles. The van der Waals surface area contributed by atoms with Crippen LogP contribution in [0.25, 0.3) is 0 Å². The Kier molecular flexibility index (Phi) is 2.76. The Morgan fingerprint density at radius 2 is 2.00 bits per heavy atom. The summed E-state index contributed by atoms with van der Waals surface area (Å²) in [6.45, 7) is 4.77. The van der Waals surface area contributed by atoms with E-state index in [0.29, 0.717) is 0 Å². The van der Waals surface area contributed by atoms with Gasteiger partial charge >= 0.3 is 0 Å². The molecule has 0 saturated heterocycles. The number of hydrogen-bond donors (Lipinski definition) is 0. The third-order valence-corrected chi connectivity index (χ3v) is 4.12. The molecular weight excluding hydrogens is 156 g/mol. The molecule has 0 spiro atoms. The van der Waals surface area contributed by atoms with Gasteiger partial charge in [0, 0.05) is 0 Å². The van der Waals surface area contributed by atoms with Crippen molar-refractivity contribution in [3.8, 4) is 0 Å². The monoisotopic (exact) mass is 178 g/mol. The lowest BCUT2D eigenvalue weighted by Gasteiger charge is -2.38. The molecule has 0 N–H and O–H groups in total. The second-order valence-electron chi connectivity index (χ2n) is 5.25. The molecular formula is C13H22. The van der Waals surface area contributed by atoms with E-state index in [2.05, 4.69) is 26.0 Å². The Morgan fingerprint density at radius 3 is 2.77 bits per heavy atom. The molecule has 1 saturated carbocycles. The van der Waals surface area contributed by atoms with Crippen molar-refractivity contribution < 1.29 is 0 Å². The van der Waals surface area contributed by atoms with Crippen molar-refractivity contribution in [1.29, 1.82) is 0 Å². The summed E-state index contributed by atoms with van der Waals surface area (Å²) in [6, 6.07) is 0. The van der Waals surface area contributed by atoms with Gasteiger partial charge in [0.25, 0.3) is 0 Å². The third kappa shape index (κ3) is 1.98. The maximum absolute atomic E-state index is 2.50. The van der Waals surface area contributed by atoms with Crippen molar-refractivity contribution in [2.75, 3.05) is 0 Å². The smallest absolute Gasteiger partial charge is 0.0202 e. The minimum absolute atomic E-state index is 0.899. The van der Waals surface area contributed by atoms with Gasteiger partial charge in [0.05, 0.1) is 0 Å². The molecule has 2 aliphatic rings. The predicted molar refractivity (Wildman–Crippen MR) is 57.5 cm³/mol. The highest BCUT2D eigenvalue weighted by Gasteiger charge is 2.30. The second-order valence-corrected chi connectivity index (χ2v) is 5.25. The van der Waals surface area contributed by atoms with Crippen LogP contribution in [0.1, 0.15) is 46.0 Å². The molecule has 0 radical (unpaired) electrons. The fraction of sp³-hybridized carbons (Fsp3) is 0.846. The van der Waals surface area contributed by atoms with Gasteiger partial charge in [0.15, 0.2) is 0 Å². The Bertz CT molecular complexity index is 190. The van der Waals surface area contributed by atoms with E-state index in [0.717, 1.165) is 23.7 Å². The molecule has 3 unspecified atom stereocenters. The Balaban J connectivity index is 1.98. The molecule has 3 atom stereocenters. The molecule has 0 nitrogen and oxygen atoms in total. The third-order valence-electron chi connectivity index (χ3n) is 4.12. The van der Waals surface area contributed by atoms with Crippen LogP contribution in [-0.4, -0.2) is 0 Å². The maximum atomic E-state index is 2.50. The largest absolute Gasteiger partial charge is 0.0882 e. The normalized spacial score (nSPS) is 39.2. The van der Waals surface area contributed by atoms with E-state index in [1.54, 1.807) is 0 Å². The highest BCUT2D eigenvalue weighted by molar-refractivity contribution is 4.99. The molecule has 13 heavy (non-hydrogen) atoms. The lowest BCUT2D eigenvalue weighted by molar-refractivity contribution is 0.165. The van der Waals surface area contributed by atoms with Crippen molar-refractivity contribution in [2.24, 2.45) is 23.7 Å². The molecule has 2 aliphatic carbocycles. The zero-order valence-electron chi connectivity index (χ0n) is 9.00. The van der Waals surface area contributed by atoms with Gasteiger partial charge in [0.1, 0.15) is 0 Å². The average molecular weight is 178 g/mol. The van der Waals surface area contributed by atoms with E-state index in [-0.39, 0.29) is 0 Å². The first kappa shape index (κ1) is 9.30. The minimum atomic E-state index is 0.899. The van der Waals surface area contributed by atoms with Crippen LogP contribution >= 0.6 is 0 Å². The first-order valence-electron chi connectivity index (χ1n) is 5.94. The Morgan fingerprint density at radius 1 is 1.15 bits per heavy atom. The van der Waals surface area contributed by atoms with Crippen LogP contribution in [0.2, 0.25) is 0 Å². The van der Waals surface area contributed by atoms with Gasteiger partial charge in [-0.2, -0.15) is 0 Å². The number of rotatable bonds is 1. The van der Waals surface area contributed by atoms with Crippen molar-refractivity contribution in [1.82, 2.24) is 0 Å². The van der Waals surface area contributed by atoms with Crippen molar-refractivity contribution >= 4 is 0 Å². The molecule has 74 valence electrons. The lowest BCUT2D eigenvalue weighted by Crippen LogP contribution is -2.27. The Labute approximate surface area is 82.4 Å². The van der Waals surface area contributed by atoms with E-state index in [4.69, 9.17) is 0 Å². The summed E-state index contributed by atoms with van der Waals surface area (Å²) in [7, 11) is 0. The van der Waals surface area contributed by atoms with Crippen molar-refractivity contribution in [2.45, 2.75) is 46.0 Å². The topological polar surface area (TPSA) is 0 Å². The number of fused-ring (bicyclic) bond motifs is 1. The molecule has 0 aromatic carbocycles. The Hall–Kier alpha value is -0.260. The van der Waals surface area contributed by atoms with Gasteiger partial charge in [-0.25, -0.2) is 0 Å². The molecule has 0 aromatic rings. The van der Waals surface area contributed by atoms with Crippen LogP contribution in [0.5, 0.6) is 0 Å². The first-order chi connectivity index (χ1) is 6.27. The van der Waals surface area contributed by atoms with Crippen molar-refractivity contribution in [3.63, 3.8) is 0 Å². The van der Waals surface area contributed by atoms with Crippen LogP contribution < -0.4 is 0 Å². The van der Waals surface area contributed by atoms with E-state index in [9.17, 15) is 0 Å². The highest BCUT2D eigenvalue weighted by Crippen LogP contribution is 2.41. The predicted octanol–water partition coefficient (Wildman–Crippen LogP) is 4.02. The summed E-state index contributed by atoms with van der Waals surface area (Å²) < 4.78 is 0. The van der Waals surface area contributed by atoms with E-state index in [1.165, 1.54) is 32.1 Å². The quantitative estimate of drug-likeness (QED) is 0.532. The maximum Gasteiger partial charge on any atom is -0.0202 e. The minimum Gasteiger partial charge on any atom is -0.0882 e. The lowest BCUT2D eigenvalue weighted by atomic mass is 9.68. The molecule has 2 rings (SSSR count). The zero-order chi connectivity index (χ0) is 9.26. The highest BCUT2D eigenvalue weighted by atomic mass is 14.4. The molecule has 0 amide bonds. The molecule has 0 heterocycles. The molecule has 1 fully saturated rings. The standard InChI is InChI=1S/C13H22/c1-10(2)12-8-7-11-5-3-4-6-13(11)9-12/h4,6,10-13H,3,5,7-9H2,1-2H3. The molecule has 0 aliphatic heterocycles. The van der Waals surface area contributed by atoms with Crippen LogP contribution in [0, 0.1) is 23.7 Å². The van der Waals surface area contributed by atoms with Crippen LogP contribution in [0.4, 0.5) is 0 Å². The van der Waals surface area contributed by atoms with Gasteiger partial charge in [-0.1, -0.05) is 26.0 Å². The van der Waals surface area contributed by atoms with Gasteiger partial charge in [-0.05, 0) is 55.8 Å². The number of allylic oxidation sites excluding steroid dienone is 2. The van der Waals surface area contributed by atoms with E-state index < -0.39 is 0 Å². The number of hydrogen-bond acceptors (Lipinski definition) is 0. The fourth-order valence-electron chi connectivity index (χ4n) is 3.08. The van der Waals surface area contributed by atoms with E-state index in [1.807, 2.05) is 0 Å². The molecule has 0 bridgehead atoms. The van der Waals surface area contributed by atoms with Crippen LogP contribution in [0.3, 0.4) is 0 Å². The first-order valence-corrected chi connectivity index (χ1v) is 5.94. The average Bonchev–Trinajstić information content (AvgIpc) is 2.17. The second kappa shape index (κ2) is 3.86. The van der Waals surface area contributed by atoms with Crippen LogP contribution in [-0.2, 0) is 0 Å². The summed E-state index contributed by atoms with van der Waals surface area (Å²) in [5, 5.41) is 0. The van der Waals surface area contributed by atoms with Gasteiger partial charge in [0.2, 0.25) is 0 Å². The summed E-state index contributed by atoms with van der Waals surface area (Å²) >= 11 is 0. The van der Waals surface area contributed by atoms with Crippen LogP contribution in [0.15, 0.2) is 12.2 Å². The van der Waals surface area contributed by atoms with Gasteiger partial charge in [-0.15, -0.1) is 0 Å². The zero-order valence-corrected chi connectivity index (χ0v) is 9.00. The fourth-order valence-corrected chi connectivity index (χ4v) is 3.08.